The van der Waals surface area contributed by atoms with Gasteiger partial charge < -0.3 is 15.3 Å². The molecule has 0 aromatic rings. The van der Waals surface area contributed by atoms with E-state index in [0.29, 0.717) is 18.8 Å². The van der Waals surface area contributed by atoms with Gasteiger partial charge in [0, 0.05) is 18.8 Å². The first-order valence-electron chi connectivity index (χ1n) is 9.96. The highest BCUT2D eigenvalue weighted by molar-refractivity contribution is 5.83. The Morgan fingerprint density at radius 1 is 1.33 bits per heavy atom. The normalized spacial score (nSPS) is 22.0. The van der Waals surface area contributed by atoms with Crippen molar-refractivity contribution in [3.05, 3.63) is 37.0 Å². The van der Waals surface area contributed by atoms with Crippen LogP contribution in [0.4, 0.5) is 0 Å². The largest absolute Gasteiger partial charge is 0.477 e. The Morgan fingerprint density at radius 3 is 2.70 bits per heavy atom. The molecule has 0 aliphatic heterocycles. The van der Waals surface area contributed by atoms with Crippen LogP contribution in [0.25, 0.3) is 0 Å². The van der Waals surface area contributed by atoms with Crippen molar-refractivity contribution < 1.29 is 24.9 Å². The van der Waals surface area contributed by atoms with E-state index in [2.05, 4.69) is 25.7 Å². The van der Waals surface area contributed by atoms with Crippen LogP contribution in [0.1, 0.15) is 64.7 Å². The number of carbonyl (C=O) groups excluding carboxylic acids is 1. The molecule has 0 bridgehead atoms. The van der Waals surface area contributed by atoms with Crippen LogP contribution < -0.4 is 0 Å². The van der Waals surface area contributed by atoms with E-state index in [1.54, 1.807) is 6.08 Å². The van der Waals surface area contributed by atoms with Gasteiger partial charge in [0.25, 0.3) is 5.79 Å². The molecule has 0 aromatic heterocycles. The summed E-state index contributed by atoms with van der Waals surface area (Å²) in [6, 6.07) is 0. The van der Waals surface area contributed by atoms with E-state index in [4.69, 9.17) is 5.11 Å². The number of ketones is 1. The molecule has 0 radical (unpaired) electrons. The molecule has 0 spiro atoms. The highest BCUT2D eigenvalue weighted by atomic mass is 16.5. The van der Waals surface area contributed by atoms with Crippen LogP contribution in [-0.2, 0) is 9.59 Å². The number of unbranched alkanes of at least 4 members (excludes halogenated alkanes) is 1. The first kappa shape index (κ1) is 23.3. The molecular weight excluding hydrogens is 344 g/mol. The van der Waals surface area contributed by atoms with Gasteiger partial charge >= 0.3 is 5.97 Å². The van der Waals surface area contributed by atoms with Crippen LogP contribution in [0, 0.1) is 17.8 Å². The van der Waals surface area contributed by atoms with Gasteiger partial charge in [-0.3, -0.25) is 4.79 Å². The van der Waals surface area contributed by atoms with E-state index < -0.39 is 11.8 Å². The first-order chi connectivity index (χ1) is 12.8. The lowest BCUT2D eigenvalue weighted by Crippen LogP contribution is -2.37. The van der Waals surface area contributed by atoms with Crippen LogP contribution in [0.15, 0.2) is 37.0 Å². The fourth-order valence-corrected chi connectivity index (χ4v) is 3.45. The molecule has 152 valence electrons. The van der Waals surface area contributed by atoms with E-state index in [-0.39, 0.29) is 30.5 Å². The number of carbonyl (C=O) groups is 2. The lowest BCUT2D eigenvalue weighted by molar-refractivity contribution is -0.205. The van der Waals surface area contributed by atoms with Gasteiger partial charge in [0.05, 0.1) is 0 Å². The number of Topliss-reactive ketones (excluding diaryl/α,β-unsaturated/α-hetero) is 1. The summed E-state index contributed by atoms with van der Waals surface area (Å²) in [5.41, 5.74) is 0. The Labute approximate surface area is 162 Å². The van der Waals surface area contributed by atoms with E-state index in [0.717, 1.165) is 19.3 Å². The zero-order chi connectivity index (χ0) is 20.3. The van der Waals surface area contributed by atoms with Crippen LogP contribution in [-0.4, -0.2) is 32.9 Å². The number of allylic oxidation sites excluding steroid dienone is 5. The Hall–Kier alpha value is -1.72. The number of aliphatic hydroxyl groups is 2. The Bertz CT molecular complexity index is 547. The van der Waals surface area contributed by atoms with Gasteiger partial charge in [0.2, 0.25) is 0 Å². The van der Waals surface area contributed by atoms with Crippen molar-refractivity contribution in [2.45, 2.75) is 70.5 Å². The molecule has 0 amide bonds. The third-order valence-electron chi connectivity index (χ3n) is 5.30. The number of hydrogen-bond acceptors (Lipinski definition) is 4. The molecule has 3 atom stereocenters. The van der Waals surface area contributed by atoms with Gasteiger partial charge in [0.15, 0.2) is 0 Å². The molecule has 1 saturated carbocycles. The lowest BCUT2D eigenvalue weighted by atomic mass is 9.90. The van der Waals surface area contributed by atoms with Crippen molar-refractivity contribution in [3.8, 4) is 0 Å². The Morgan fingerprint density at radius 2 is 2.07 bits per heavy atom. The summed E-state index contributed by atoms with van der Waals surface area (Å²) in [5, 5.41) is 27.2. The van der Waals surface area contributed by atoms with Crippen LogP contribution in [0.3, 0.4) is 0 Å². The standard InChI is InChI=1S/C22H34O5/c1-3-5-10-17(4-2)11-9-12-18-14-15-20(23)19(18)13-7-6-8-16-22(26,27)21(24)25/h4,6-7,9,12,17-19,26-27H,2-3,5,8,10-11,13-16H2,1H3,(H,24,25)/t17?,18-,19+/m0/s1. The summed E-state index contributed by atoms with van der Waals surface area (Å²) in [6.45, 7) is 6.09. The molecule has 1 rings (SSSR count). The van der Waals surface area contributed by atoms with Gasteiger partial charge in [-0.15, -0.1) is 6.58 Å². The second-order valence-electron chi connectivity index (χ2n) is 7.44. The molecule has 5 heteroatoms. The van der Waals surface area contributed by atoms with Crippen LogP contribution in [0.2, 0.25) is 0 Å². The van der Waals surface area contributed by atoms with Gasteiger partial charge in [-0.05, 0) is 43.9 Å². The average Bonchev–Trinajstić information content (AvgIpc) is 2.97. The SMILES string of the molecule is C=CC(CC=C[C@H]1CCC(=O)[C@@H]1CC=CCCC(O)(O)C(=O)O)CCCC. The molecule has 27 heavy (non-hydrogen) atoms. The predicted molar refractivity (Wildman–Crippen MR) is 106 cm³/mol. The summed E-state index contributed by atoms with van der Waals surface area (Å²) < 4.78 is 0. The summed E-state index contributed by atoms with van der Waals surface area (Å²) >= 11 is 0. The number of hydrogen-bond donors (Lipinski definition) is 3. The summed E-state index contributed by atoms with van der Waals surface area (Å²) in [4.78, 5) is 22.8. The van der Waals surface area contributed by atoms with Crippen molar-refractivity contribution in [2.24, 2.45) is 17.8 Å². The minimum atomic E-state index is -2.70. The van der Waals surface area contributed by atoms with Crippen molar-refractivity contribution >= 4 is 11.8 Å². The van der Waals surface area contributed by atoms with Crippen molar-refractivity contribution in [2.75, 3.05) is 0 Å². The fraction of sp³-hybridized carbons (Fsp3) is 0.636. The topological polar surface area (TPSA) is 94.8 Å². The minimum Gasteiger partial charge on any atom is -0.477 e. The maximum absolute atomic E-state index is 12.1. The summed E-state index contributed by atoms with van der Waals surface area (Å²) in [6.07, 6.45) is 16.4. The highest BCUT2D eigenvalue weighted by Gasteiger charge is 2.33. The average molecular weight is 379 g/mol. The highest BCUT2D eigenvalue weighted by Crippen LogP contribution is 2.33. The maximum Gasteiger partial charge on any atom is 0.364 e. The fourth-order valence-electron chi connectivity index (χ4n) is 3.45. The van der Waals surface area contributed by atoms with E-state index in [1.165, 1.54) is 12.8 Å². The molecule has 1 fully saturated rings. The van der Waals surface area contributed by atoms with E-state index in [9.17, 15) is 19.8 Å². The summed E-state index contributed by atoms with van der Waals surface area (Å²) in [7, 11) is 0. The van der Waals surface area contributed by atoms with Gasteiger partial charge in [-0.2, -0.15) is 0 Å². The van der Waals surface area contributed by atoms with Crippen LogP contribution in [0.5, 0.6) is 0 Å². The second kappa shape index (κ2) is 11.9. The smallest absolute Gasteiger partial charge is 0.364 e. The minimum absolute atomic E-state index is 0.0391. The lowest BCUT2D eigenvalue weighted by Gasteiger charge is -2.15. The Balaban J connectivity index is 2.47. The molecule has 1 aliphatic carbocycles. The molecular formula is C22H34O5. The zero-order valence-electron chi connectivity index (χ0n) is 16.3. The number of carboxylic acids is 1. The van der Waals surface area contributed by atoms with Crippen LogP contribution >= 0.6 is 0 Å². The predicted octanol–water partition coefficient (Wildman–Crippen LogP) is 4.01. The van der Waals surface area contributed by atoms with Crippen molar-refractivity contribution in [1.82, 2.24) is 0 Å². The van der Waals surface area contributed by atoms with Gasteiger partial charge in [-0.1, -0.05) is 50.1 Å². The van der Waals surface area contributed by atoms with Gasteiger partial charge in [0.1, 0.15) is 5.78 Å². The molecule has 5 nitrogen and oxygen atoms in total. The van der Waals surface area contributed by atoms with E-state index >= 15 is 0 Å². The molecule has 3 N–H and O–H groups in total. The van der Waals surface area contributed by atoms with E-state index in [1.807, 2.05) is 12.2 Å². The third kappa shape index (κ3) is 8.22. The molecule has 1 unspecified atom stereocenters. The molecule has 0 aromatic carbocycles. The quantitative estimate of drug-likeness (QED) is 0.332. The monoisotopic (exact) mass is 378 g/mol. The van der Waals surface area contributed by atoms with Gasteiger partial charge in [-0.25, -0.2) is 4.79 Å². The Kier molecular flexibility index (Phi) is 10.3. The number of rotatable bonds is 13. The van der Waals surface area contributed by atoms with Crippen molar-refractivity contribution in [3.63, 3.8) is 0 Å². The summed E-state index contributed by atoms with van der Waals surface area (Å²) in [5.74, 6) is -3.38. The third-order valence-corrected chi connectivity index (χ3v) is 5.30. The number of carboxylic acid groups (broad SMARTS) is 1. The maximum atomic E-state index is 12.1. The first-order valence-corrected chi connectivity index (χ1v) is 9.96. The second-order valence-corrected chi connectivity index (χ2v) is 7.44. The van der Waals surface area contributed by atoms with Crippen molar-refractivity contribution in [1.29, 1.82) is 0 Å². The molecule has 0 heterocycles. The molecule has 0 saturated heterocycles. The molecule has 1 aliphatic rings. The zero-order valence-corrected chi connectivity index (χ0v) is 16.3. The number of aliphatic carboxylic acids is 1.